The molecule has 0 radical (unpaired) electrons. The zero-order valence-corrected chi connectivity index (χ0v) is 13.0. The van der Waals surface area contributed by atoms with Crippen LogP contribution >= 0.6 is 0 Å². The highest BCUT2D eigenvalue weighted by atomic mass is 28.4. The second kappa shape index (κ2) is 5.57. The average molecular weight is 242 g/mol. The molecule has 3 heteroatoms. The van der Waals surface area contributed by atoms with Gasteiger partial charge in [0.1, 0.15) is 5.76 Å². The van der Waals surface area contributed by atoms with Gasteiger partial charge in [-0.3, -0.25) is 0 Å². The van der Waals surface area contributed by atoms with Gasteiger partial charge in [-0.15, -0.1) is 0 Å². The first-order valence-electron chi connectivity index (χ1n) is 5.75. The summed E-state index contributed by atoms with van der Waals surface area (Å²) in [5, 5.41) is 0. The predicted molar refractivity (Wildman–Crippen MR) is 72.8 cm³/mol. The van der Waals surface area contributed by atoms with Gasteiger partial charge < -0.3 is 9.16 Å². The van der Waals surface area contributed by atoms with Crippen molar-refractivity contribution >= 4 is 8.32 Å². The highest BCUT2D eigenvalue weighted by molar-refractivity contribution is 6.70. The Labute approximate surface area is 101 Å². The molecule has 0 amide bonds. The minimum Gasteiger partial charge on any atom is -0.544 e. The van der Waals surface area contributed by atoms with Crippen LogP contribution in [0, 0.1) is 0 Å². The van der Waals surface area contributed by atoms with Gasteiger partial charge in [0.25, 0.3) is 0 Å². The maximum Gasteiger partial charge on any atom is 0.242 e. The summed E-state index contributed by atoms with van der Waals surface area (Å²) in [5.74, 6) is 0.934. The predicted octanol–water partition coefficient (Wildman–Crippen LogP) is 4.46. The summed E-state index contributed by atoms with van der Waals surface area (Å²) in [5.41, 5.74) is 0.888. The molecule has 0 fully saturated rings. The zero-order valence-electron chi connectivity index (χ0n) is 12.0. The molecular formula is C13H26O2Si. The fraction of sp³-hybridized carbons (Fsp3) is 0.692. The Balaban J connectivity index is 4.62. The molecule has 16 heavy (non-hydrogen) atoms. The highest BCUT2D eigenvalue weighted by Crippen LogP contribution is 2.19. The van der Waals surface area contributed by atoms with Gasteiger partial charge in [-0.05, 0) is 60.3 Å². The molecule has 0 N–H and O–H groups in total. The summed E-state index contributed by atoms with van der Waals surface area (Å²) in [6.45, 7) is 16.6. The summed E-state index contributed by atoms with van der Waals surface area (Å²) in [7, 11) is -1.54. The lowest BCUT2D eigenvalue weighted by Gasteiger charge is -2.23. The molecule has 0 unspecified atom stereocenters. The summed E-state index contributed by atoms with van der Waals surface area (Å²) >= 11 is 0. The number of ether oxygens (including phenoxy) is 1. The van der Waals surface area contributed by atoms with Crippen LogP contribution in [0.2, 0.25) is 19.6 Å². The molecule has 2 nitrogen and oxygen atoms in total. The van der Waals surface area contributed by atoms with Gasteiger partial charge in [-0.1, -0.05) is 0 Å². The molecule has 0 rings (SSSR count). The van der Waals surface area contributed by atoms with Crippen LogP contribution in [-0.2, 0) is 9.16 Å². The Morgan fingerprint density at radius 3 is 1.94 bits per heavy atom. The van der Waals surface area contributed by atoms with Crippen LogP contribution in [-0.4, -0.2) is 13.9 Å². The second-order valence-corrected chi connectivity index (χ2v) is 10.3. The number of hydrogen-bond donors (Lipinski definition) is 0. The molecule has 94 valence electrons. The molecule has 0 spiro atoms. The van der Waals surface area contributed by atoms with E-state index in [1.165, 1.54) is 0 Å². The summed E-state index contributed by atoms with van der Waals surface area (Å²) < 4.78 is 11.6. The third-order valence-electron chi connectivity index (χ3n) is 1.66. The van der Waals surface area contributed by atoms with Crippen molar-refractivity contribution in [2.24, 2.45) is 0 Å². The van der Waals surface area contributed by atoms with Crippen molar-refractivity contribution in [1.29, 1.82) is 0 Å². The van der Waals surface area contributed by atoms with Gasteiger partial charge in [0, 0.05) is 5.57 Å². The van der Waals surface area contributed by atoms with Crippen LogP contribution in [0.3, 0.4) is 0 Å². The zero-order chi connectivity index (χ0) is 13.0. The number of allylic oxidation sites excluding steroid dienone is 2. The molecule has 0 heterocycles. The molecule has 0 aliphatic carbocycles. The summed E-state index contributed by atoms with van der Waals surface area (Å²) in [6.07, 6.45) is 3.78. The fourth-order valence-corrected chi connectivity index (χ4v) is 1.96. The number of hydrogen-bond acceptors (Lipinski definition) is 2. The molecule has 0 aromatic heterocycles. The lowest BCUT2D eigenvalue weighted by atomic mass is 10.2. The van der Waals surface area contributed by atoms with Crippen LogP contribution in [0.4, 0.5) is 0 Å². The Bertz CT molecular complexity index is 277. The van der Waals surface area contributed by atoms with Crippen molar-refractivity contribution in [2.75, 3.05) is 0 Å². The van der Waals surface area contributed by atoms with E-state index in [0.717, 1.165) is 11.3 Å². The van der Waals surface area contributed by atoms with Crippen LogP contribution in [0.25, 0.3) is 0 Å². The minimum atomic E-state index is -1.54. The van der Waals surface area contributed by atoms with Gasteiger partial charge in [0.2, 0.25) is 8.32 Å². The van der Waals surface area contributed by atoms with Crippen molar-refractivity contribution in [2.45, 2.75) is 59.9 Å². The fourth-order valence-electron chi connectivity index (χ4n) is 1.02. The first-order valence-corrected chi connectivity index (χ1v) is 9.16. The maximum atomic E-state index is 5.97. The van der Waals surface area contributed by atoms with E-state index in [-0.39, 0.29) is 5.60 Å². The average Bonchev–Trinajstić information content (AvgIpc) is 2.07. The van der Waals surface area contributed by atoms with Gasteiger partial charge in [0.15, 0.2) is 0 Å². The highest BCUT2D eigenvalue weighted by Gasteiger charge is 2.18. The molecule has 0 saturated heterocycles. The lowest BCUT2D eigenvalue weighted by molar-refractivity contribution is 0.0748. The first kappa shape index (κ1) is 15.3. The van der Waals surface area contributed by atoms with Crippen LogP contribution in [0.15, 0.2) is 23.7 Å². The Hall–Kier alpha value is -0.703. The van der Waals surface area contributed by atoms with Gasteiger partial charge in [-0.25, -0.2) is 0 Å². The standard InChI is InChI=1S/C13H26O2Si/c1-9-12(15-16(6,7)8)11(2)10-14-13(3,4)5/h9-10H,1-8H3/b11-10+,12-9-. The second-order valence-electron chi connectivity index (χ2n) is 5.90. The lowest BCUT2D eigenvalue weighted by Crippen LogP contribution is -2.25. The maximum absolute atomic E-state index is 5.97. The van der Waals surface area contributed by atoms with Crippen LogP contribution < -0.4 is 0 Å². The molecule has 0 saturated carbocycles. The quantitative estimate of drug-likeness (QED) is 0.411. The van der Waals surface area contributed by atoms with Crippen LogP contribution in [0.1, 0.15) is 34.6 Å². The molecule has 0 aromatic rings. The van der Waals surface area contributed by atoms with E-state index in [4.69, 9.17) is 9.16 Å². The summed E-state index contributed by atoms with van der Waals surface area (Å²) in [4.78, 5) is 0. The molecule has 0 aromatic carbocycles. The Morgan fingerprint density at radius 2 is 1.62 bits per heavy atom. The van der Waals surface area contributed by atoms with E-state index in [1.54, 1.807) is 6.26 Å². The third-order valence-corrected chi connectivity index (χ3v) is 2.49. The van der Waals surface area contributed by atoms with Crippen molar-refractivity contribution in [1.82, 2.24) is 0 Å². The topological polar surface area (TPSA) is 18.5 Å². The minimum absolute atomic E-state index is 0.153. The van der Waals surface area contributed by atoms with E-state index in [9.17, 15) is 0 Å². The molecule has 0 atom stereocenters. The summed E-state index contributed by atoms with van der Waals surface area (Å²) in [6, 6.07) is 0. The molecule has 0 aliphatic heterocycles. The monoisotopic (exact) mass is 242 g/mol. The van der Waals surface area contributed by atoms with Gasteiger partial charge >= 0.3 is 0 Å². The number of rotatable bonds is 4. The Morgan fingerprint density at radius 1 is 1.12 bits per heavy atom. The van der Waals surface area contributed by atoms with Gasteiger partial charge in [0.05, 0.1) is 11.9 Å². The van der Waals surface area contributed by atoms with Crippen molar-refractivity contribution in [3.63, 3.8) is 0 Å². The van der Waals surface area contributed by atoms with Crippen molar-refractivity contribution in [3.05, 3.63) is 23.7 Å². The third kappa shape index (κ3) is 7.57. The molecule has 0 bridgehead atoms. The van der Waals surface area contributed by atoms with E-state index in [1.807, 2.05) is 40.7 Å². The van der Waals surface area contributed by atoms with Crippen LogP contribution in [0.5, 0.6) is 0 Å². The first-order chi connectivity index (χ1) is 7.05. The largest absolute Gasteiger partial charge is 0.544 e. The molecule has 0 aliphatic rings. The smallest absolute Gasteiger partial charge is 0.242 e. The normalized spacial score (nSPS) is 15.0. The molecular weight excluding hydrogens is 216 g/mol. The van der Waals surface area contributed by atoms with Crippen molar-refractivity contribution < 1.29 is 9.16 Å². The van der Waals surface area contributed by atoms with E-state index >= 15 is 0 Å². The SMILES string of the molecule is C/C=C(O[Si](C)(C)C)/C(C)=C/OC(C)(C)C. The Kier molecular flexibility index (Phi) is 5.33. The van der Waals surface area contributed by atoms with E-state index in [0.29, 0.717) is 0 Å². The van der Waals surface area contributed by atoms with E-state index < -0.39 is 8.32 Å². The van der Waals surface area contributed by atoms with Gasteiger partial charge in [-0.2, -0.15) is 0 Å². The van der Waals surface area contributed by atoms with E-state index in [2.05, 4.69) is 19.6 Å². The van der Waals surface area contributed by atoms with Crippen molar-refractivity contribution in [3.8, 4) is 0 Å².